The van der Waals surface area contributed by atoms with E-state index in [1.807, 2.05) is 29.2 Å². The van der Waals surface area contributed by atoms with Crippen molar-refractivity contribution in [1.29, 1.82) is 0 Å². The average Bonchev–Trinajstić information content (AvgIpc) is 3.03. The van der Waals surface area contributed by atoms with Crippen molar-refractivity contribution >= 4 is 15.9 Å². The van der Waals surface area contributed by atoms with Gasteiger partial charge in [-0.05, 0) is 36.5 Å². The van der Waals surface area contributed by atoms with Gasteiger partial charge in [0.25, 0.3) is 0 Å². The Balaban J connectivity index is 1.82. The van der Waals surface area contributed by atoms with Crippen LogP contribution in [0, 0.1) is 5.92 Å². The number of rotatable bonds is 5. The van der Waals surface area contributed by atoms with Crippen molar-refractivity contribution < 1.29 is 22.7 Å². The molecule has 3 rings (SSSR count). The van der Waals surface area contributed by atoms with Crippen molar-refractivity contribution in [2.75, 3.05) is 39.7 Å². The van der Waals surface area contributed by atoms with Crippen LogP contribution in [0.15, 0.2) is 24.3 Å². The summed E-state index contributed by atoms with van der Waals surface area (Å²) in [4.78, 5) is 14.9. The zero-order valence-corrected chi connectivity index (χ0v) is 16.0. The van der Waals surface area contributed by atoms with Gasteiger partial charge in [-0.1, -0.05) is 12.1 Å². The normalized spacial score (nSPS) is 26.7. The zero-order chi connectivity index (χ0) is 18.7. The number of nitrogens with one attached hydrogen (secondary N) is 1. The van der Waals surface area contributed by atoms with E-state index in [0.717, 1.165) is 17.6 Å². The number of morpholine rings is 1. The number of carbonyl (C=O) groups excluding carboxylic acids is 1. The summed E-state index contributed by atoms with van der Waals surface area (Å²) in [7, 11) is -1.70. The van der Waals surface area contributed by atoms with E-state index in [1.165, 1.54) is 0 Å². The highest BCUT2D eigenvalue weighted by Crippen LogP contribution is 2.41. The summed E-state index contributed by atoms with van der Waals surface area (Å²) >= 11 is 0. The largest absolute Gasteiger partial charge is 0.497 e. The molecule has 144 valence electrons. The lowest BCUT2D eigenvalue weighted by atomic mass is 9.88. The first-order chi connectivity index (χ1) is 12.4. The van der Waals surface area contributed by atoms with E-state index in [4.69, 9.17) is 9.47 Å². The molecule has 1 saturated carbocycles. The number of nitrogens with zero attached hydrogens (tertiary/aromatic N) is 1. The summed E-state index contributed by atoms with van der Waals surface area (Å²) in [6.45, 7) is 2.29. The van der Waals surface area contributed by atoms with Gasteiger partial charge in [-0.3, -0.25) is 4.79 Å². The quantitative estimate of drug-likeness (QED) is 0.820. The average molecular weight is 382 g/mol. The molecule has 7 nitrogen and oxygen atoms in total. The van der Waals surface area contributed by atoms with Crippen molar-refractivity contribution in [3.63, 3.8) is 0 Å². The number of ether oxygens (including phenoxy) is 2. The minimum absolute atomic E-state index is 0.0181. The second-order valence-electron chi connectivity index (χ2n) is 6.98. The van der Waals surface area contributed by atoms with Crippen LogP contribution >= 0.6 is 0 Å². The molecule has 1 amide bonds. The molecule has 1 aromatic rings. The Kier molecular flexibility index (Phi) is 5.84. The Bertz CT molecular complexity index is 728. The first kappa shape index (κ1) is 19.1. The Morgan fingerprint density at radius 1 is 1.19 bits per heavy atom. The van der Waals surface area contributed by atoms with Crippen LogP contribution in [0.2, 0.25) is 0 Å². The van der Waals surface area contributed by atoms with Crippen molar-refractivity contribution in [2.45, 2.75) is 24.8 Å². The van der Waals surface area contributed by atoms with Crippen LogP contribution in [0.5, 0.6) is 5.75 Å². The monoisotopic (exact) mass is 382 g/mol. The standard InChI is InChI=1S/C18H26N2O5S/c1-24-15-5-3-13(4-6-15)16-11-14(19-26(2,22)23)12-17(16)18(21)20-7-9-25-10-8-20/h3-6,14,16-17,19H,7-12H2,1-2H3/t14-,16+,17-/m0/s1. The van der Waals surface area contributed by atoms with Gasteiger partial charge >= 0.3 is 0 Å². The molecule has 0 radical (unpaired) electrons. The fourth-order valence-electron chi connectivity index (χ4n) is 3.95. The van der Waals surface area contributed by atoms with Crippen LogP contribution in [0.1, 0.15) is 24.3 Å². The summed E-state index contributed by atoms with van der Waals surface area (Å²) in [6, 6.07) is 7.45. The predicted octanol–water partition coefficient (Wildman–Crippen LogP) is 0.965. The fraction of sp³-hybridized carbons (Fsp3) is 0.611. The molecule has 2 fully saturated rings. The molecule has 1 aromatic carbocycles. The Morgan fingerprint density at radius 2 is 1.85 bits per heavy atom. The van der Waals surface area contributed by atoms with Gasteiger partial charge in [0.2, 0.25) is 15.9 Å². The van der Waals surface area contributed by atoms with E-state index in [-0.39, 0.29) is 23.8 Å². The third-order valence-corrected chi connectivity index (χ3v) is 5.89. The molecule has 0 unspecified atom stereocenters. The van der Waals surface area contributed by atoms with Crippen LogP contribution in [0.3, 0.4) is 0 Å². The van der Waals surface area contributed by atoms with Crippen molar-refractivity contribution in [1.82, 2.24) is 9.62 Å². The Morgan fingerprint density at radius 3 is 2.42 bits per heavy atom. The van der Waals surface area contributed by atoms with E-state index in [2.05, 4.69) is 4.72 Å². The molecule has 0 aromatic heterocycles. The second kappa shape index (κ2) is 7.94. The first-order valence-corrected chi connectivity index (χ1v) is 10.7. The SMILES string of the molecule is COc1ccc([C@H]2C[C@H](NS(C)(=O)=O)C[C@@H]2C(=O)N2CCOCC2)cc1. The van der Waals surface area contributed by atoms with Crippen LogP contribution in [-0.2, 0) is 19.6 Å². The van der Waals surface area contributed by atoms with E-state index in [1.54, 1.807) is 7.11 Å². The minimum Gasteiger partial charge on any atom is -0.497 e. The number of methoxy groups -OCH3 is 1. The lowest BCUT2D eigenvalue weighted by Crippen LogP contribution is -2.44. The second-order valence-corrected chi connectivity index (χ2v) is 8.76. The highest BCUT2D eigenvalue weighted by Gasteiger charge is 2.42. The summed E-state index contributed by atoms with van der Waals surface area (Å²) in [6.07, 6.45) is 2.28. The van der Waals surface area contributed by atoms with Crippen LogP contribution < -0.4 is 9.46 Å². The smallest absolute Gasteiger partial charge is 0.226 e. The number of hydrogen-bond donors (Lipinski definition) is 1. The fourth-order valence-corrected chi connectivity index (χ4v) is 4.75. The number of carbonyl (C=O) groups is 1. The summed E-state index contributed by atoms with van der Waals surface area (Å²) in [5.74, 6) is 0.594. The third-order valence-electron chi connectivity index (χ3n) is 5.13. The topological polar surface area (TPSA) is 84.9 Å². The van der Waals surface area contributed by atoms with E-state index < -0.39 is 10.0 Å². The molecule has 3 atom stereocenters. The van der Waals surface area contributed by atoms with Gasteiger partial charge in [0.05, 0.1) is 26.6 Å². The van der Waals surface area contributed by atoms with E-state index >= 15 is 0 Å². The van der Waals surface area contributed by atoms with Gasteiger partial charge in [0.15, 0.2) is 0 Å². The van der Waals surface area contributed by atoms with Crippen molar-refractivity contribution in [2.24, 2.45) is 5.92 Å². The highest BCUT2D eigenvalue weighted by molar-refractivity contribution is 7.88. The van der Waals surface area contributed by atoms with Gasteiger partial charge in [0, 0.05) is 25.0 Å². The maximum absolute atomic E-state index is 13.1. The molecule has 0 bridgehead atoms. The molecule has 1 saturated heterocycles. The van der Waals surface area contributed by atoms with Crippen LogP contribution in [-0.4, -0.2) is 64.9 Å². The van der Waals surface area contributed by atoms with Gasteiger partial charge in [-0.2, -0.15) is 0 Å². The lowest BCUT2D eigenvalue weighted by Gasteiger charge is -2.31. The molecular formula is C18H26N2O5S. The molecule has 26 heavy (non-hydrogen) atoms. The zero-order valence-electron chi connectivity index (χ0n) is 15.2. The number of hydrogen-bond acceptors (Lipinski definition) is 5. The Hall–Kier alpha value is -1.64. The van der Waals surface area contributed by atoms with Crippen molar-refractivity contribution in [3.05, 3.63) is 29.8 Å². The van der Waals surface area contributed by atoms with Crippen molar-refractivity contribution in [3.8, 4) is 5.75 Å². The molecule has 1 N–H and O–H groups in total. The first-order valence-electron chi connectivity index (χ1n) is 8.85. The van der Waals surface area contributed by atoms with Gasteiger partial charge in [-0.15, -0.1) is 0 Å². The molecule has 8 heteroatoms. The van der Waals surface area contributed by atoms with Gasteiger partial charge in [-0.25, -0.2) is 13.1 Å². The minimum atomic E-state index is -3.31. The molecule has 2 aliphatic rings. The van der Waals surface area contributed by atoms with E-state index in [0.29, 0.717) is 39.1 Å². The van der Waals surface area contributed by atoms with Gasteiger partial charge in [0.1, 0.15) is 5.75 Å². The molecule has 1 heterocycles. The van der Waals surface area contributed by atoms with E-state index in [9.17, 15) is 13.2 Å². The molecular weight excluding hydrogens is 356 g/mol. The van der Waals surface area contributed by atoms with Crippen LogP contribution in [0.25, 0.3) is 0 Å². The number of amides is 1. The van der Waals surface area contributed by atoms with Gasteiger partial charge < -0.3 is 14.4 Å². The lowest BCUT2D eigenvalue weighted by molar-refractivity contribution is -0.140. The summed E-state index contributed by atoms with van der Waals surface area (Å²) in [5.41, 5.74) is 1.04. The Labute approximate surface area is 154 Å². The maximum atomic E-state index is 13.1. The van der Waals surface area contributed by atoms with Crippen LogP contribution in [0.4, 0.5) is 0 Å². The molecule has 0 spiro atoms. The molecule has 1 aliphatic carbocycles. The summed E-state index contributed by atoms with van der Waals surface area (Å²) < 4.78 is 36.5. The number of benzene rings is 1. The number of sulfonamides is 1. The summed E-state index contributed by atoms with van der Waals surface area (Å²) in [5, 5.41) is 0. The highest BCUT2D eigenvalue weighted by atomic mass is 32.2. The maximum Gasteiger partial charge on any atom is 0.226 e. The molecule has 1 aliphatic heterocycles. The third kappa shape index (κ3) is 4.55. The predicted molar refractivity (Wildman–Crippen MR) is 97.6 cm³/mol.